The van der Waals surface area contributed by atoms with Crippen LogP contribution in [-0.4, -0.2) is 16.1 Å². The molecule has 0 aliphatic heterocycles. The molecule has 1 N–H and O–H groups in total. The third-order valence-corrected chi connectivity index (χ3v) is 7.10. The first-order chi connectivity index (χ1) is 9.54. The average molecular weight is 291 g/mol. The fraction of sp³-hybridized carbons (Fsp3) is 0.750. The highest BCUT2D eigenvalue weighted by atomic mass is 32.1. The lowest BCUT2D eigenvalue weighted by Crippen LogP contribution is -2.48. The number of hydrogen-bond acceptors (Lipinski definition) is 3. The van der Waals surface area contributed by atoms with Gasteiger partial charge < -0.3 is 5.11 Å². The van der Waals surface area contributed by atoms with Gasteiger partial charge in [-0.05, 0) is 63.2 Å². The van der Waals surface area contributed by atoms with Crippen LogP contribution in [0.25, 0.3) is 0 Å². The minimum atomic E-state index is -0.742. The molecule has 4 heteroatoms. The fourth-order valence-corrected chi connectivity index (χ4v) is 6.60. The number of thiazole rings is 1. The molecule has 4 fully saturated rings. The van der Waals surface area contributed by atoms with Gasteiger partial charge in [0.15, 0.2) is 0 Å². The SMILES string of the molecule is Cc1nc(C23CC4CC(CC(C4)C2)C3)sc1CC(=O)O. The van der Waals surface area contributed by atoms with Crippen LogP contribution in [-0.2, 0) is 16.6 Å². The normalized spacial score (nSPS) is 38.4. The zero-order chi connectivity index (χ0) is 13.9. The summed E-state index contributed by atoms with van der Waals surface area (Å²) in [6.07, 6.45) is 8.36. The average Bonchev–Trinajstić information content (AvgIpc) is 2.69. The predicted octanol–water partition coefficient (Wildman–Crippen LogP) is 3.55. The molecule has 4 bridgehead atoms. The Bertz CT molecular complexity index is 528. The largest absolute Gasteiger partial charge is 0.481 e. The molecule has 1 aromatic rings. The van der Waals surface area contributed by atoms with Gasteiger partial charge in [0.25, 0.3) is 0 Å². The maximum atomic E-state index is 11.0. The van der Waals surface area contributed by atoms with Crippen molar-refractivity contribution >= 4 is 17.3 Å². The lowest BCUT2D eigenvalue weighted by Gasteiger charge is -2.56. The molecule has 0 atom stereocenters. The van der Waals surface area contributed by atoms with Crippen LogP contribution in [0.1, 0.15) is 54.1 Å². The second kappa shape index (κ2) is 4.30. The van der Waals surface area contributed by atoms with Crippen LogP contribution in [0.3, 0.4) is 0 Å². The van der Waals surface area contributed by atoms with Crippen LogP contribution in [0, 0.1) is 24.7 Å². The highest BCUT2D eigenvalue weighted by Crippen LogP contribution is 2.61. The van der Waals surface area contributed by atoms with E-state index < -0.39 is 5.97 Å². The van der Waals surface area contributed by atoms with Gasteiger partial charge in [0.1, 0.15) is 0 Å². The van der Waals surface area contributed by atoms with Crippen molar-refractivity contribution in [1.29, 1.82) is 0 Å². The Hall–Kier alpha value is -0.900. The van der Waals surface area contributed by atoms with E-state index in [-0.39, 0.29) is 6.42 Å². The van der Waals surface area contributed by atoms with E-state index in [2.05, 4.69) is 0 Å². The van der Waals surface area contributed by atoms with E-state index >= 15 is 0 Å². The van der Waals surface area contributed by atoms with Crippen molar-refractivity contribution in [3.8, 4) is 0 Å². The Morgan fingerprint density at radius 3 is 2.30 bits per heavy atom. The predicted molar refractivity (Wildman–Crippen MR) is 78.0 cm³/mol. The molecule has 1 heterocycles. The summed E-state index contributed by atoms with van der Waals surface area (Å²) in [6, 6.07) is 0. The van der Waals surface area contributed by atoms with Crippen molar-refractivity contribution in [1.82, 2.24) is 4.98 Å². The van der Waals surface area contributed by atoms with Gasteiger partial charge in [-0.25, -0.2) is 4.98 Å². The molecule has 3 nitrogen and oxygen atoms in total. The zero-order valence-electron chi connectivity index (χ0n) is 11.9. The molecule has 4 aliphatic rings. The summed E-state index contributed by atoms with van der Waals surface area (Å²) in [5, 5.41) is 10.3. The molecule has 5 rings (SSSR count). The molecule has 0 spiro atoms. The van der Waals surface area contributed by atoms with E-state index in [0.717, 1.165) is 28.3 Å². The smallest absolute Gasteiger partial charge is 0.308 e. The van der Waals surface area contributed by atoms with Gasteiger partial charge in [0.05, 0.1) is 17.1 Å². The molecule has 4 aliphatic carbocycles. The molecule has 0 unspecified atom stereocenters. The number of aromatic nitrogens is 1. The topological polar surface area (TPSA) is 50.2 Å². The molecular weight excluding hydrogens is 270 g/mol. The van der Waals surface area contributed by atoms with Crippen molar-refractivity contribution in [2.24, 2.45) is 17.8 Å². The quantitative estimate of drug-likeness (QED) is 0.926. The Kier molecular flexibility index (Phi) is 2.75. The summed E-state index contributed by atoms with van der Waals surface area (Å²) in [4.78, 5) is 16.7. The molecule has 4 saturated carbocycles. The number of hydrogen-bond donors (Lipinski definition) is 1. The molecule has 108 valence electrons. The Morgan fingerprint density at radius 2 is 1.80 bits per heavy atom. The number of aliphatic carboxylic acids is 1. The first-order valence-corrected chi connectivity index (χ1v) is 8.54. The van der Waals surface area contributed by atoms with Crippen LogP contribution in [0.5, 0.6) is 0 Å². The van der Waals surface area contributed by atoms with Crippen molar-refractivity contribution in [2.75, 3.05) is 0 Å². The summed E-state index contributed by atoms with van der Waals surface area (Å²) in [5.41, 5.74) is 1.25. The zero-order valence-corrected chi connectivity index (χ0v) is 12.7. The fourth-order valence-electron chi connectivity index (χ4n) is 5.33. The highest BCUT2D eigenvalue weighted by molar-refractivity contribution is 7.12. The van der Waals surface area contributed by atoms with Gasteiger partial charge in [-0.2, -0.15) is 0 Å². The number of nitrogens with zero attached hydrogens (tertiary/aromatic N) is 1. The van der Waals surface area contributed by atoms with Crippen molar-refractivity contribution in [3.05, 3.63) is 15.6 Å². The lowest BCUT2D eigenvalue weighted by molar-refractivity contribution is -0.136. The first-order valence-electron chi connectivity index (χ1n) is 7.73. The lowest BCUT2D eigenvalue weighted by atomic mass is 9.50. The number of carboxylic acids is 1. The second-order valence-electron chi connectivity index (χ2n) is 7.30. The summed E-state index contributed by atoms with van der Waals surface area (Å²) in [5.74, 6) is 1.99. The van der Waals surface area contributed by atoms with E-state index in [1.165, 1.54) is 43.5 Å². The van der Waals surface area contributed by atoms with Crippen molar-refractivity contribution < 1.29 is 9.90 Å². The van der Waals surface area contributed by atoms with Crippen molar-refractivity contribution in [3.63, 3.8) is 0 Å². The minimum absolute atomic E-state index is 0.135. The maximum Gasteiger partial charge on any atom is 0.308 e. The molecule has 20 heavy (non-hydrogen) atoms. The summed E-state index contributed by atoms with van der Waals surface area (Å²) in [7, 11) is 0. The van der Waals surface area contributed by atoms with E-state index in [1.807, 2.05) is 6.92 Å². The number of aryl methyl sites for hydroxylation is 1. The molecule has 0 aromatic carbocycles. The van der Waals surface area contributed by atoms with Crippen LogP contribution in [0.4, 0.5) is 0 Å². The third-order valence-electron chi connectivity index (χ3n) is 5.70. The van der Waals surface area contributed by atoms with Gasteiger partial charge in [-0.3, -0.25) is 4.79 Å². The summed E-state index contributed by atoms with van der Waals surface area (Å²) >= 11 is 1.68. The van der Waals surface area contributed by atoms with Gasteiger partial charge >= 0.3 is 5.97 Å². The molecule has 0 radical (unpaired) electrons. The van der Waals surface area contributed by atoms with Gasteiger partial charge in [-0.1, -0.05) is 0 Å². The number of rotatable bonds is 3. The summed E-state index contributed by atoms with van der Waals surface area (Å²) in [6.45, 7) is 1.97. The van der Waals surface area contributed by atoms with E-state index in [0.29, 0.717) is 5.41 Å². The van der Waals surface area contributed by atoms with Gasteiger partial charge in [0.2, 0.25) is 0 Å². The van der Waals surface area contributed by atoms with Crippen LogP contribution in [0.2, 0.25) is 0 Å². The Labute approximate surface area is 123 Å². The van der Waals surface area contributed by atoms with Crippen molar-refractivity contribution in [2.45, 2.75) is 57.3 Å². The number of carbonyl (C=O) groups is 1. The van der Waals surface area contributed by atoms with Crippen LogP contribution < -0.4 is 0 Å². The molecule has 1 aromatic heterocycles. The Morgan fingerprint density at radius 1 is 1.25 bits per heavy atom. The van der Waals surface area contributed by atoms with Crippen LogP contribution >= 0.6 is 11.3 Å². The standard InChI is InChI=1S/C16H21NO2S/c1-9-13(5-14(18)19)20-15(17-9)16-6-10-2-11(7-16)4-12(3-10)8-16/h10-12H,2-8H2,1H3,(H,18,19). The molecule has 0 saturated heterocycles. The first kappa shape index (κ1) is 12.8. The summed E-state index contributed by atoms with van der Waals surface area (Å²) < 4.78 is 0. The number of carboxylic acid groups (broad SMARTS) is 1. The second-order valence-corrected chi connectivity index (χ2v) is 8.38. The van der Waals surface area contributed by atoms with E-state index in [1.54, 1.807) is 11.3 Å². The van der Waals surface area contributed by atoms with Gasteiger partial charge in [-0.15, -0.1) is 11.3 Å². The monoisotopic (exact) mass is 291 g/mol. The molecular formula is C16H21NO2S. The minimum Gasteiger partial charge on any atom is -0.481 e. The Balaban J connectivity index is 1.68. The maximum absolute atomic E-state index is 11.0. The van der Waals surface area contributed by atoms with E-state index in [4.69, 9.17) is 10.1 Å². The molecule has 0 amide bonds. The third kappa shape index (κ3) is 1.92. The van der Waals surface area contributed by atoms with E-state index in [9.17, 15) is 4.79 Å². The highest BCUT2D eigenvalue weighted by Gasteiger charge is 2.53. The van der Waals surface area contributed by atoms with Crippen LogP contribution in [0.15, 0.2) is 0 Å². The van der Waals surface area contributed by atoms with Gasteiger partial charge in [0, 0.05) is 10.3 Å².